The summed E-state index contributed by atoms with van der Waals surface area (Å²) in [5, 5.41) is 3.61. The predicted octanol–water partition coefficient (Wildman–Crippen LogP) is 0.992. The lowest BCUT2D eigenvalue weighted by Crippen LogP contribution is -1.90. The molecule has 43 valence electrons. The van der Waals surface area contributed by atoms with E-state index in [1.807, 2.05) is 0 Å². The molecule has 0 aromatic carbocycles. The fraction of sp³-hybridized carbons (Fsp3) is 0.200. The summed E-state index contributed by atoms with van der Waals surface area (Å²) >= 11 is 0. The van der Waals surface area contributed by atoms with E-state index in [1.165, 1.54) is 10.9 Å². The van der Waals surface area contributed by atoms with Gasteiger partial charge in [-0.2, -0.15) is 5.10 Å². The maximum absolute atomic E-state index is 11.6. The van der Waals surface area contributed by atoms with E-state index in [9.17, 15) is 4.39 Å². The minimum Gasteiger partial charge on any atom is -0.242 e. The molecule has 3 heteroatoms. The molecule has 0 aliphatic carbocycles. The molecular formula is C5H6FN2. The van der Waals surface area contributed by atoms with Gasteiger partial charge in [0.25, 0.3) is 0 Å². The van der Waals surface area contributed by atoms with E-state index in [-0.39, 0.29) is 0 Å². The zero-order chi connectivity index (χ0) is 5.98. The van der Waals surface area contributed by atoms with Crippen molar-refractivity contribution < 1.29 is 4.39 Å². The van der Waals surface area contributed by atoms with Crippen LogP contribution < -0.4 is 0 Å². The molecule has 0 bridgehead atoms. The highest BCUT2D eigenvalue weighted by Crippen LogP contribution is 1.92. The third kappa shape index (κ3) is 0.857. The van der Waals surface area contributed by atoms with Gasteiger partial charge in [-0.25, -0.2) is 9.07 Å². The first-order valence-electron chi connectivity index (χ1n) is 2.23. The van der Waals surface area contributed by atoms with Crippen molar-refractivity contribution in [1.82, 2.24) is 9.78 Å². The fourth-order valence-corrected chi connectivity index (χ4v) is 0.472. The summed E-state index contributed by atoms with van der Waals surface area (Å²) in [5.41, 5.74) is 0.739. The van der Waals surface area contributed by atoms with Crippen LogP contribution in [0.5, 0.6) is 0 Å². The molecule has 2 nitrogen and oxygen atoms in total. The largest absolute Gasteiger partial charge is 0.242 e. The molecule has 1 rings (SSSR count). The van der Waals surface area contributed by atoms with Gasteiger partial charge in [-0.3, -0.25) is 0 Å². The number of aromatic nitrogens is 2. The van der Waals surface area contributed by atoms with Crippen LogP contribution in [0.3, 0.4) is 0 Å². The summed E-state index contributed by atoms with van der Waals surface area (Å²) in [6, 6.07) is 0. The summed E-state index contributed by atoms with van der Waals surface area (Å²) < 4.78 is 12.8. The average molecular weight is 113 g/mol. The number of nitrogens with zero attached hydrogens (tertiary/aromatic N) is 2. The van der Waals surface area contributed by atoms with Crippen molar-refractivity contribution in [3.8, 4) is 0 Å². The monoisotopic (exact) mass is 113 g/mol. The van der Waals surface area contributed by atoms with E-state index in [0.717, 1.165) is 5.56 Å². The highest BCUT2D eigenvalue weighted by molar-refractivity contribution is 5.06. The predicted molar refractivity (Wildman–Crippen MR) is 27.8 cm³/mol. The Labute approximate surface area is 46.9 Å². The molecule has 0 fully saturated rings. The number of alkyl halides is 1. The third-order valence-electron chi connectivity index (χ3n) is 0.809. The van der Waals surface area contributed by atoms with E-state index in [0.29, 0.717) is 0 Å². The van der Waals surface area contributed by atoms with Crippen molar-refractivity contribution in [3.05, 3.63) is 24.9 Å². The molecule has 1 heterocycles. The molecule has 0 spiro atoms. The Bertz CT molecular complexity index is 171. The number of halogens is 1. The second-order valence-corrected chi connectivity index (χ2v) is 1.51. The van der Waals surface area contributed by atoms with Gasteiger partial charge in [-0.05, 0) is 12.5 Å². The van der Waals surface area contributed by atoms with Crippen LogP contribution in [0.25, 0.3) is 0 Å². The molecule has 1 aromatic rings. The fourth-order valence-electron chi connectivity index (χ4n) is 0.472. The molecule has 0 saturated carbocycles. The molecule has 0 amide bonds. The summed E-state index contributed by atoms with van der Waals surface area (Å²) in [4.78, 5) is 0. The van der Waals surface area contributed by atoms with Gasteiger partial charge < -0.3 is 0 Å². The van der Waals surface area contributed by atoms with E-state index >= 15 is 0 Å². The lowest BCUT2D eigenvalue weighted by atomic mass is 10.4. The van der Waals surface area contributed by atoms with Gasteiger partial charge in [-0.1, -0.05) is 0 Å². The topological polar surface area (TPSA) is 17.8 Å². The van der Waals surface area contributed by atoms with Crippen LogP contribution in [0.4, 0.5) is 4.39 Å². The SMILES string of the molecule is [CH2]c1cnn(CF)c1. The van der Waals surface area contributed by atoms with Crippen LogP contribution >= 0.6 is 0 Å². The summed E-state index contributed by atoms with van der Waals surface area (Å²) in [5.74, 6) is 0. The van der Waals surface area contributed by atoms with Crippen LogP contribution in [-0.4, -0.2) is 9.78 Å². The van der Waals surface area contributed by atoms with Crippen molar-refractivity contribution in [3.63, 3.8) is 0 Å². The van der Waals surface area contributed by atoms with Crippen LogP contribution in [0.1, 0.15) is 5.56 Å². The lowest BCUT2D eigenvalue weighted by Gasteiger charge is -1.85. The number of hydrogen-bond donors (Lipinski definition) is 0. The van der Waals surface area contributed by atoms with Crippen LogP contribution in [0.15, 0.2) is 12.4 Å². The minimum atomic E-state index is -0.574. The van der Waals surface area contributed by atoms with Gasteiger partial charge in [0.05, 0.1) is 6.20 Å². The molecule has 1 radical (unpaired) electrons. The van der Waals surface area contributed by atoms with Crippen molar-refractivity contribution in [2.24, 2.45) is 0 Å². The molecule has 0 unspecified atom stereocenters. The Morgan fingerprint density at radius 2 is 2.62 bits per heavy atom. The summed E-state index contributed by atoms with van der Waals surface area (Å²) in [7, 11) is 0. The van der Waals surface area contributed by atoms with Crippen LogP contribution in [0.2, 0.25) is 0 Å². The molecule has 0 aliphatic rings. The number of hydrogen-bond acceptors (Lipinski definition) is 1. The van der Waals surface area contributed by atoms with E-state index in [2.05, 4.69) is 12.0 Å². The Kier molecular flexibility index (Phi) is 1.28. The van der Waals surface area contributed by atoms with Gasteiger partial charge in [0.1, 0.15) is 0 Å². The van der Waals surface area contributed by atoms with E-state index in [1.54, 1.807) is 6.20 Å². The molecule has 0 N–H and O–H groups in total. The molecule has 0 atom stereocenters. The van der Waals surface area contributed by atoms with Crippen molar-refractivity contribution in [2.45, 2.75) is 6.80 Å². The summed E-state index contributed by atoms with van der Waals surface area (Å²) in [6.45, 7) is 2.97. The van der Waals surface area contributed by atoms with Gasteiger partial charge >= 0.3 is 0 Å². The van der Waals surface area contributed by atoms with Gasteiger partial charge in [0, 0.05) is 6.20 Å². The molecule has 0 saturated heterocycles. The number of rotatable bonds is 1. The van der Waals surface area contributed by atoms with Gasteiger partial charge in [0.2, 0.25) is 0 Å². The first-order valence-corrected chi connectivity index (χ1v) is 2.23. The Hall–Kier alpha value is -0.860. The standard InChI is InChI=1S/C5H6FN2/c1-5-2-7-8(3-5)4-6/h2-3H,1,4H2. The second-order valence-electron chi connectivity index (χ2n) is 1.51. The molecule has 8 heavy (non-hydrogen) atoms. The van der Waals surface area contributed by atoms with E-state index < -0.39 is 6.80 Å². The first-order chi connectivity index (χ1) is 3.83. The summed E-state index contributed by atoms with van der Waals surface area (Å²) in [6.07, 6.45) is 3.06. The maximum Gasteiger partial charge on any atom is 0.181 e. The van der Waals surface area contributed by atoms with Gasteiger partial charge in [0.15, 0.2) is 6.80 Å². The third-order valence-corrected chi connectivity index (χ3v) is 0.809. The second kappa shape index (κ2) is 1.94. The maximum atomic E-state index is 11.6. The van der Waals surface area contributed by atoms with Crippen molar-refractivity contribution in [2.75, 3.05) is 0 Å². The normalized spacial score (nSPS) is 9.75. The zero-order valence-electron chi connectivity index (χ0n) is 4.34. The lowest BCUT2D eigenvalue weighted by molar-refractivity contribution is 0.350. The van der Waals surface area contributed by atoms with Crippen molar-refractivity contribution >= 4 is 0 Å². The molecule has 1 aromatic heterocycles. The smallest absolute Gasteiger partial charge is 0.181 e. The van der Waals surface area contributed by atoms with E-state index in [4.69, 9.17) is 0 Å². The average Bonchev–Trinajstić information content (AvgIpc) is 2.14. The quantitative estimate of drug-likeness (QED) is 0.531. The molecular weight excluding hydrogens is 107 g/mol. The molecule has 0 aliphatic heterocycles. The zero-order valence-corrected chi connectivity index (χ0v) is 4.34. The van der Waals surface area contributed by atoms with Gasteiger partial charge in [-0.15, -0.1) is 0 Å². The highest BCUT2D eigenvalue weighted by atomic mass is 19.1. The first kappa shape index (κ1) is 5.28. The van der Waals surface area contributed by atoms with Crippen molar-refractivity contribution in [1.29, 1.82) is 0 Å². The Morgan fingerprint density at radius 1 is 1.88 bits per heavy atom. The minimum absolute atomic E-state index is 0.574. The highest BCUT2D eigenvalue weighted by Gasteiger charge is 1.88. The van der Waals surface area contributed by atoms with Crippen LogP contribution in [0, 0.1) is 6.92 Å². The van der Waals surface area contributed by atoms with Crippen LogP contribution in [-0.2, 0) is 6.80 Å². The Morgan fingerprint density at radius 3 is 2.88 bits per heavy atom. The Balaban J connectivity index is 2.84.